The lowest BCUT2D eigenvalue weighted by Gasteiger charge is -2.23. The molecule has 1 N–H and O–H groups in total. The van der Waals surface area contributed by atoms with E-state index in [0.717, 1.165) is 21.7 Å². The van der Waals surface area contributed by atoms with Crippen LogP contribution in [0, 0.1) is 6.92 Å². The molecule has 6 heteroatoms. The van der Waals surface area contributed by atoms with E-state index in [9.17, 15) is 9.90 Å². The van der Waals surface area contributed by atoms with E-state index in [0.29, 0.717) is 5.75 Å². The van der Waals surface area contributed by atoms with Gasteiger partial charge in [0.2, 0.25) is 0 Å². The number of thiophene rings is 1. The van der Waals surface area contributed by atoms with Crippen LogP contribution in [0.2, 0.25) is 0 Å². The fourth-order valence-electron chi connectivity index (χ4n) is 1.97. The van der Waals surface area contributed by atoms with Gasteiger partial charge in [-0.25, -0.2) is 4.79 Å². The number of aliphatic carboxylic acids is 1. The molecule has 1 aromatic carbocycles. The first-order valence-corrected chi connectivity index (χ1v) is 7.91. The second kappa shape index (κ2) is 6.83. The van der Waals surface area contributed by atoms with Crippen LogP contribution in [0.1, 0.15) is 29.9 Å². The molecule has 0 aliphatic rings. The third-order valence-corrected chi connectivity index (χ3v) is 4.14. The van der Waals surface area contributed by atoms with Crippen LogP contribution >= 0.6 is 11.3 Å². The number of carboxylic acids is 1. The second-order valence-corrected chi connectivity index (χ2v) is 6.45. The predicted octanol–water partition coefficient (Wildman–Crippen LogP) is 3.70. The summed E-state index contributed by atoms with van der Waals surface area (Å²) in [6, 6.07) is 9.43. The molecule has 23 heavy (non-hydrogen) atoms. The summed E-state index contributed by atoms with van der Waals surface area (Å²) in [5.74, 6) is -0.481. The molecule has 0 atom stereocenters. The maximum atomic E-state index is 11.2. The maximum Gasteiger partial charge on any atom is 0.347 e. The highest BCUT2D eigenvalue weighted by Gasteiger charge is 2.30. The van der Waals surface area contributed by atoms with Crippen LogP contribution in [0.15, 0.2) is 40.9 Å². The molecule has 0 fully saturated rings. The maximum absolute atomic E-state index is 11.2. The van der Waals surface area contributed by atoms with Crippen LogP contribution in [-0.2, 0) is 9.63 Å². The van der Waals surface area contributed by atoms with Gasteiger partial charge in [0.1, 0.15) is 18.6 Å². The Bertz CT molecular complexity index is 720. The zero-order valence-electron chi connectivity index (χ0n) is 13.5. The monoisotopic (exact) mass is 333 g/mol. The van der Waals surface area contributed by atoms with E-state index in [1.54, 1.807) is 17.4 Å². The van der Waals surface area contributed by atoms with E-state index in [4.69, 9.17) is 9.57 Å². The number of benzene rings is 1. The van der Waals surface area contributed by atoms with Crippen LogP contribution < -0.4 is 4.74 Å². The van der Waals surface area contributed by atoms with Gasteiger partial charge in [-0.2, -0.15) is 0 Å². The Morgan fingerprint density at radius 1 is 1.30 bits per heavy atom. The topological polar surface area (TPSA) is 68.1 Å². The average molecular weight is 333 g/mol. The number of carboxylic acid groups (broad SMARTS) is 1. The number of hydrogen-bond donors (Lipinski definition) is 1. The summed E-state index contributed by atoms with van der Waals surface area (Å²) in [6.07, 6.45) is 0. The Labute approximate surface area is 139 Å². The summed E-state index contributed by atoms with van der Waals surface area (Å²) in [7, 11) is 1.51. The molecule has 0 unspecified atom stereocenters. The van der Waals surface area contributed by atoms with E-state index in [-0.39, 0.29) is 0 Å². The lowest BCUT2D eigenvalue weighted by atomic mass is 10.0. The van der Waals surface area contributed by atoms with Crippen LogP contribution in [0.3, 0.4) is 0 Å². The number of oxime groups is 1. The molecule has 2 rings (SSSR count). The number of rotatable bonds is 6. The summed E-state index contributed by atoms with van der Waals surface area (Å²) in [6.45, 7) is 4.91. The molecule has 0 aliphatic carbocycles. The van der Waals surface area contributed by atoms with Crippen LogP contribution in [0.4, 0.5) is 0 Å². The SMILES string of the molecule is CO/N=C(\c1ccc(OC(C)(C)C(=O)O)c(C)c1)c1cccs1. The highest BCUT2D eigenvalue weighted by molar-refractivity contribution is 7.12. The molecular formula is C17H19NO4S. The van der Waals surface area contributed by atoms with Crippen molar-refractivity contribution in [3.63, 3.8) is 0 Å². The minimum atomic E-state index is -1.29. The molecular weight excluding hydrogens is 314 g/mol. The van der Waals surface area contributed by atoms with E-state index in [1.165, 1.54) is 21.0 Å². The molecule has 0 amide bonds. The Morgan fingerprint density at radius 2 is 2.04 bits per heavy atom. The first kappa shape index (κ1) is 17.0. The van der Waals surface area contributed by atoms with Crippen molar-refractivity contribution in [2.24, 2.45) is 5.16 Å². The normalized spacial score (nSPS) is 12.1. The lowest BCUT2D eigenvalue weighted by molar-refractivity contribution is -0.152. The molecule has 0 bridgehead atoms. The number of hydrogen-bond acceptors (Lipinski definition) is 5. The van der Waals surface area contributed by atoms with Gasteiger partial charge >= 0.3 is 5.97 Å². The quantitative estimate of drug-likeness (QED) is 0.646. The third kappa shape index (κ3) is 3.90. The molecule has 122 valence electrons. The van der Waals surface area contributed by atoms with Gasteiger partial charge in [-0.15, -0.1) is 11.3 Å². The minimum Gasteiger partial charge on any atom is -0.478 e. The Balaban J connectivity index is 2.35. The Hall–Kier alpha value is -2.34. The van der Waals surface area contributed by atoms with Crippen molar-refractivity contribution in [2.45, 2.75) is 26.4 Å². The zero-order chi connectivity index (χ0) is 17.0. The molecule has 0 saturated heterocycles. The van der Waals surface area contributed by atoms with E-state index in [1.807, 2.05) is 36.6 Å². The molecule has 0 aliphatic heterocycles. The van der Waals surface area contributed by atoms with Gasteiger partial charge in [-0.1, -0.05) is 11.2 Å². The summed E-state index contributed by atoms with van der Waals surface area (Å²) >= 11 is 1.57. The number of aryl methyl sites for hydroxylation is 1. The molecule has 0 spiro atoms. The summed E-state index contributed by atoms with van der Waals surface area (Å²) in [5, 5.41) is 15.2. The second-order valence-electron chi connectivity index (χ2n) is 5.50. The zero-order valence-corrected chi connectivity index (χ0v) is 14.3. The smallest absolute Gasteiger partial charge is 0.347 e. The largest absolute Gasteiger partial charge is 0.478 e. The fraction of sp³-hybridized carbons (Fsp3) is 0.294. The fourth-order valence-corrected chi connectivity index (χ4v) is 2.70. The van der Waals surface area contributed by atoms with Gasteiger partial charge in [0.15, 0.2) is 5.60 Å². The van der Waals surface area contributed by atoms with Crippen molar-refractivity contribution in [1.29, 1.82) is 0 Å². The predicted molar refractivity (Wildman–Crippen MR) is 90.5 cm³/mol. The van der Waals surface area contributed by atoms with Crippen molar-refractivity contribution >= 4 is 23.0 Å². The van der Waals surface area contributed by atoms with Gasteiger partial charge in [0.25, 0.3) is 0 Å². The van der Waals surface area contributed by atoms with Crippen molar-refractivity contribution in [2.75, 3.05) is 7.11 Å². The highest BCUT2D eigenvalue weighted by Crippen LogP contribution is 2.26. The average Bonchev–Trinajstić information content (AvgIpc) is 3.00. The van der Waals surface area contributed by atoms with Gasteiger partial charge in [0.05, 0.1) is 4.88 Å². The number of nitrogens with zero attached hydrogens (tertiary/aromatic N) is 1. The molecule has 5 nitrogen and oxygen atoms in total. The lowest BCUT2D eigenvalue weighted by Crippen LogP contribution is -2.38. The van der Waals surface area contributed by atoms with E-state index in [2.05, 4.69) is 5.16 Å². The standard InChI is InChI=1S/C17H19NO4S/c1-11-10-12(15(18-21-4)14-6-5-9-23-14)7-8-13(11)22-17(2,3)16(19)20/h5-10H,1-4H3,(H,19,20)/b18-15+. The first-order valence-electron chi connectivity index (χ1n) is 7.03. The molecule has 2 aromatic rings. The summed E-state index contributed by atoms with van der Waals surface area (Å²) in [4.78, 5) is 17.1. The van der Waals surface area contributed by atoms with Gasteiger partial charge in [-0.05, 0) is 56.0 Å². The van der Waals surface area contributed by atoms with Crippen molar-refractivity contribution in [3.05, 3.63) is 51.7 Å². The molecule has 1 heterocycles. The van der Waals surface area contributed by atoms with Crippen LogP contribution in [-0.4, -0.2) is 29.5 Å². The van der Waals surface area contributed by atoms with Crippen molar-refractivity contribution in [1.82, 2.24) is 0 Å². The molecule has 1 aromatic heterocycles. The van der Waals surface area contributed by atoms with Crippen LogP contribution in [0.5, 0.6) is 5.75 Å². The van der Waals surface area contributed by atoms with Crippen molar-refractivity contribution in [3.8, 4) is 5.75 Å². The highest BCUT2D eigenvalue weighted by atomic mass is 32.1. The van der Waals surface area contributed by atoms with E-state index < -0.39 is 11.6 Å². The Kier molecular flexibility index (Phi) is 5.05. The molecule has 0 saturated carbocycles. The summed E-state index contributed by atoms with van der Waals surface area (Å²) in [5.41, 5.74) is 1.16. The van der Waals surface area contributed by atoms with Gasteiger partial charge in [-0.3, -0.25) is 0 Å². The minimum absolute atomic E-state index is 0.532. The van der Waals surface area contributed by atoms with Crippen molar-refractivity contribution < 1.29 is 19.5 Å². The number of carbonyl (C=O) groups is 1. The Morgan fingerprint density at radius 3 is 2.57 bits per heavy atom. The molecule has 0 radical (unpaired) electrons. The van der Waals surface area contributed by atoms with Gasteiger partial charge in [0, 0.05) is 5.56 Å². The summed E-state index contributed by atoms with van der Waals surface area (Å²) < 4.78 is 5.61. The van der Waals surface area contributed by atoms with E-state index >= 15 is 0 Å². The number of ether oxygens (including phenoxy) is 1. The van der Waals surface area contributed by atoms with Gasteiger partial charge < -0.3 is 14.7 Å². The van der Waals surface area contributed by atoms with Crippen LogP contribution in [0.25, 0.3) is 0 Å². The first-order chi connectivity index (χ1) is 10.8. The third-order valence-electron chi connectivity index (χ3n) is 3.27.